The average Bonchev–Trinajstić information content (AvgIpc) is 3.44. The van der Waals surface area contributed by atoms with Crippen LogP contribution in [0, 0.1) is 19.8 Å². The number of fused-ring (bicyclic) bond motifs is 1. The molecule has 4 aromatic rings. The van der Waals surface area contributed by atoms with Gasteiger partial charge in [-0.15, -0.1) is 0 Å². The zero-order valence-electron chi connectivity index (χ0n) is 18.4. The third kappa shape index (κ3) is 4.49. The largest absolute Gasteiger partial charge is 0.339 e. The number of aryl methyl sites for hydroxylation is 2. The maximum Gasteiger partial charge on any atom is 0.253 e. The van der Waals surface area contributed by atoms with E-state index in [2.05, 4.69) is 26.5 Å². The molecule has 0 bridgehead atoms. The van der Waals surface area contributed by atoms with Crippen LogP contribution < -0.4 is 5.32 Å². The average molecular weight is 462 g/mol. The third-order valence-electron chi connectivity index (χ3n) is 5.84. The highest BCUT2D eigenvalue weighted by Crippen LogP contribution is 2.28. The van der Waals surface area contributed by atoms with Crippen molar-refractivity contribution >= 4 is 38.5 Å². The first-order valence-corrected chi connectivity index (χ1v) is 11.7. The van der Waals surface area contributed by atoms with Gasteiger partial charge in [0.2, 0.25) is 17.6 Å². The summed E-state index contributed by atoms with van der Waals surface area (Å²) in [4.78, 5) is 36.2. The number of carbonyl (C=O) groups is 2. The van der Waals surface area contributed by atoms with E-state index in [-0.39, 0.29) is 17.7 Å². The van der Waals surface area contributed by atoms with Gasteiger partial charge in [0.05, 0.1) is 10.2 Å². The lowest BCUT2D eigenvalue weighted by molar-refractivity contribution is -0.121. The number of carbonyl (C=O) groups excluding carboxylic acids is 2. The molecule has 2 amide bonds. The summed E-state index contributed by atoms with van der Waals surface area (Å²) in [6, 6.07) is 13.2. The number of nitrogens with zero attached hydrogens (tertiary/aromatic N) is 4. The Labute approximate surface area is 194 Å². The fourth-order valence-electron chi connectivity index (χ4n) is 4.00. The number of benzene rings is 2. The minimum Gasteiger partial charge on any atom is -0.339 e. The van der Waals surface area contributed by atoms with Crippen LogP contribution in [0.3, 0.4) is 0 Å². The molecular formula is C24H23N5O3S. The maximum atomic E-state index is 12.9. The molecule has 1 aliphatic rings. The zero-order chi connectivity index (χ0) is 22.9. The highest BCUT2D eigenvalue weighted by molar-refractivity contribution is 7.22. The summed E-state index contributed by atoms with van der Waals surface area (Å²) in [5.74, 6) is 0.799. The molecule has 2 aromatic carbocycles. The Morgan fingerprint density at radius 2 is 1.82 bits per heavy atom. The first-order valence-electron chi connectivity index (χ1n) is 10.8. The van der Waals surface area contributed by atoms with Crippen molar-refractivity contribution in [3.8, 4) is 11.4 Å². The number of likely N-dealkylation sites (tertiary alicyclic amines) is 1. The van der Waals surface area contributed by atoms with Gasteiger partial charge in [0, 0.05) is 37.1 Å². The van der Waals surface area contributed by atoms with Crippen molar-refractivity contribution in [3.63, 3.8) is 0 Å². The van der Waals surface area contributed by atoms with Crippen molar-refractivity contribution in [3.05, 3.63) is 59.5 Å². The number of hydrogen-bond acceptors (Lipinski definition) is 7. The molecule has 1 N–H and O–H groups in total. The predicted octanol–water partition coefficient (Wildman–Crippen LogP) is 4.45. The molecule has 9 heteroatoms. The first-order chi connectivity index (χ1) is 16.0. The Morgan fingerprint density at radius 3 is 2.52 bits per heavy atom. The van der Waals surface area contributed by atoms with Crippen LogP contribution in [0.15, 0.2) is 47.0 Å². The fourth-order valence-corrected chi connectivity index (χ4v) is 4.97. The number of thiazole rings is 1. The van der Waals surface area contributed by atoms with Gasteiger partial charge in [0.15, 0.2) is 5.13 Å². The molecule has 1 fully saturated rings. The molecule has 0 saturated carbocycles. The molecule has 0 aliphatic carbocycles. The number of rotatable bonds is 4. The topological polar surface area (TPSA) is 101 Å². The molecule has 168 valence electrons. The zero-order valence-corrected chi connectivity index (χ0v) is 19.2. The van der Waals surface area contributed by atoms with Crippen molar-refractivity contribution in [1.29, 1.82) is 0 Å². The van der Waals surface area contributed by atoms with E-state index in [1.54, 1.807) is 24.0 Å². The van der Waals surface area contributed by atoms with E-state index in [0.29, 0.717) is 48.3 Å². The molecule has 8 nitrogen and oxygen atoms in total. The summed E-state index contributed by atoms with van der Waals surface area (Å²) in [5, 5.41) is 7.48. The molecule has 33 heavy (non-hydrogen) atoms. The van der Waals surface area contributed by atoms with E-state index < -0.39 is 0 Å². The van der Waals surface area contributed by atoms with Crippen LogP contribution in [0.4, 0.5) is 5.13 Å². The van der Waals surface area contributed by atoms with Crippen LogP contribution in [0.5, 0.6) is 0 Å². The summed E-state index contributed by atoms with van der Waals surface area (Å²) in [6.45, 7) is 4.86. The van der Waals surface area contributed by atoms with Gasteiger partial charge in [0.1, 0.15) is 0 Å². The number of piperidine rings is 1. The standard InChI is InChI=1S/C24H23N5O3S/c1-14-3-8-19-20(13-14)33-24(26-19)27-22(30)17-9-11-29(12-10-17)23(31)18-6-4-16(5-7-18)21-25-15(2)32-28-21/h3-8,13,17H,9-12H2,1-2H3,(H,26,27,30). The van der Waals surface area contributed by atoms with E-state index in [1.165, 1.54) is 16.9 Å². The van der Waals surface area contributed by atoms with Gasteiger partial charge in [-0.1, -0.05) is 34.7 Å². The quantitative estimate of drug-likeness (QED) is 0.482. The lowest BCUT2D eigenvalue weighted by Crippen LogP contribution is -2.41. The lowest BCUT2D eigenvalue weighted by Gasteiger charge is -2.31. The number of hydrogen-bond donors (Lipinski definition) is 1. The second-order valence-electron chi connectivity index (χ2n) is 8.26. The summed E-state index contributed by atoms with van der Waals surface area (Å²) in [6.07, 6.45) is 1.25. The van der Waals surface area contributed by atoms with Gasteiger partial charge in [-0.25, -0.2) is 4.98 Å². The molecule has 1 aliphatic heterocycles. The third-order valence-corrected chi connectivity index (χ3v) is 6.78. The van der Waals surface area contributed by atoms with Crippen LogP contribution in [0.1, 0.15) is 34.7 Å². The lowest BCUT2D eigenvalue weighted by atomic mass is 9.95. The fraction of sp³-hybridized carbons (Fsp3) is 0.292. The van der Waals surface area contributed by atoms with E-state index in [4.69, 9.17) is 4.52 Å². The van der Waals surface area contributed by atoms with E-state index in [0.717, 1.165) is 15.8 Å². The minimum absolute atomic E-state index is 0.0300. The number of anilines is 1. The number of nitrogens with one attached hydrogen (secondary N) is 1. The summed E-state index contributed by atoms with van der Waals surface area (Å²) >= 11 is 1.48. The summed E-state index contributed by atoms with van der Waals surface area (Å²) in [7, 11) is 0. The second kappa shape index (κ2) is 8.74. The Hall–Kier alpha value is -3.59. The molecule has 0 spiro atoms. The van der Waals surface area contributed by atoms with E-state index >= 15 is 0 Å². The Bertz CT molecular complexity index is 1320. The Morgan fingerprint density at radius 1 is 1.06 bits per heavy atom. The molecular weight excluding hydrogens is 438 g/mol. The van der Waals surface area contributed by atoms with Crippen LogP contribution in [0.25, 0.3) is 21.6 Å². The predicted molar refractivity (Wildman–Crippen MR) is 126 cm³/mol. The van der Waals surface area contributed by atoms with Gasteiger partial charge < -0.3 is 14.7 Å². The minimum atomic E-state index is -0.133. The van der Waals surface area contributed by atoms with Crippen LogP contribution in [0.2, 0.25) is 0 Å². The SMILES string of the molecule is Cc1ccc2nc(NC(=O)C3CCN(C(=O)c4ccc(-c5noc(C)n5)cc4)CC3)sc2c1. The summed E-state index contributed by atoms with van der Waals surface area (Å²) < 4.78 is 6.07. The number of aromatic nitrogens is 3. The van der Waals surface area contributed by atoms with Gasteiger partial charge in [-0.05, 0) is 49.6 Å². The van der Waals surface area contributed by atoms with Crippen molar-refractivity contribution < 1.29 is 14.1 Å². The maximum absolute atomic E-state index is 12.9. The van der Waals surface area contributed by atoms with Crippen molar-refractivity contribution in [2.45, 2.75) is 26.7 Å². The molecule has 0 unspecified atom stereocenters. The smallest absolute Gasteiger partial charge is 0.253 e. The first kappa shape index (κ1) is 21.3. The molecule has 1 saturated heterocycles. The van der Waals surface area contributed by atoms with Crippen molar-refractivity contribution in [2.75, 3.05) is 18.4 Å². The summed E-state index contributed by atoms with van der Waals surface area (Å²) in [5.41, 5.74) is 3.46. The molecule has 0 radical (unpaired) electrons. The normalized spacial score (nSPS) is 14.5. The number of amides is 2. The van der Waals surface area contributed by atoms with Crippen LogP contribution in [-0.2, 0) is 4.79 Å². The molecule has 2 aromatic heterocycles. The van der Waals surface area contributed by atoms with Gasteiger partial charge in [0.25, 0.3) is 5.91 Å². The van der Waals surface area contributed by atoms with Crippen molar-refractivity contribution in [2.24, 2.45) is 5.92 Å². The van der Waals surface area contributed by atoms with Gasteiger partial charge >= 0.3 is 0 Å². The molecule has 3 heterocycles. The highest BCUT2D eigenvalue weighted by Gasteiger charge is 2.28. The van der Waals surface area contributed by atoms with Gasteiger partial charge in [-0.3, -0.25) is 9.59 Å². The highest BCUT2D eigenvalue weighted by atomic mass is 32.1. The van der Waals surface area contributed by atoms with Gasteiger partial charge in [-0.2, -0.15) is 4.98 Å². The second-order valence-corrected chi connectivity index (χ2v) is 9.29. The van der Waals surface area contributed by atoms with E-state index in [1.807, 2.05) is 31.2 Å². The Balaban J connectivity index is 1.17. The monoisotopic (exact) mass is 461 g/mol. The van der Waals surface area contributed by atoms with Crippen LogP contribution in [-0.4, -0.2) is 44.9 Å². The molecule has 0 atom stereocenters. The van der Waals surface area contributed by atoms with Crippen molar-refractivity contribution in [1.82, 2.24) is 20.0 Å². The van der Waals surface area contributed by atoms with Crippen LogP contribution >= 0.6 is 11.3 Å². The Kier molecular flexibility index (Phi) is 5.63. The van der Waals surface area contributed by atoms with E-state index in [9.17, 15) is 9.59 Å². The molecule has 5 rings (SSSR count).